The lowest BCUT2D eigenvalue weighted by molar-refractivity contribution is -0.143. The summed E-state index contributed by atoms with van der Waals surface area (Å²) in [7, 11) is 0. The average Bonchev–Trinajstić information content (AvgIpc) is 2.83. The minimum atomic E-state index is -0.925. The number of carbonyl (C=O) groups excluding carboxylic acids is 4. The summed E-state index contributed by atoms with van der Waals surface area (Å²) in [5.74, 6) is -1.73. The number of urea groups is 1. The number of imide groups is 2. The van der Waals surface area contributed by atoms with Crippen molar-refractivity contribution in [3.63, 3.8) is 0 Å². The molecule has 1 saturated heterocycles. The van der Waals surface area contributed by atoms with E-state index in [1.807, 2.05) is 19.1 Å². The molecule has 0 spiro atoms. The zero-order valence-corrected chi connectivity index (χ0v) is 14.9. The second-order valence-electron chi connectivity index (χ2n) is 6.34. The van der Waals surface area contributed by atoms with Crippen LogP contribution in [0.3, 0.4) is 0 Å². The number of Topliss-reactive ketones (excluding diaryl/α,β-unsaturated/α-hetero) is 1. The predicted molar refractivity (Wildman–Crippen MR) is 93.2 cm³/mol. The van der Waals surface area contributed by atoms with Crippen LogP contribution in [0.25, 0.3) is 0 Å². The minimum Gasteiger partial charge on any atom is -0.292 e. The average molecular weight is 344 g/mol. The molecule has 1 atom stereocenters. The molecule has 1 heterocycles. The van der Waals surface area contributed by atoms with Gasteiger partial charge in [-0.15, -0.1) is 0 Å². The predicted octanol–water partition coefficient (Wildman–Crippen LogP) is 2.97. The maximum Gasteiger partial charge on any atom is 0.334 e. The molecule has 1 fully saturated rings. The molecule has 1 unspecified atom stereocenters. The van der Waals surface area contributed by atoms with Gasteiger partial charge in [0.2, 0.25) is 0 Å². The zero-order valence-electron chi connectivity index (χ0n) is 14.9. The van der Waals surface area contributed by atoms with Crippen molar-refractivity contribution in [1.82, 2.24) is 9.80 Å². The molecule has 25 heavy (non-hydrogen) atoms. The number of ketones is 1. The monoisotopic (exact) mass is 344 g/mol. The van der Waals surface area contributed by atoms with Crippen LogP contribution in [0.4, 0.5) is 4.79 Å². The SMILES string of the molecule is CCCCN1C(=O)C(=O)N(CC(=O)c2ccc(C(C)CC)cc2)C1=O. The van der Waals surface area contributed by atoms with Crippen molar-refractivity contribution in [3.8, 4) is 0 Å². The van der Waals surface area contributed by atoms with E-state index in [2.05, 4.69) is 13.8 Å². The maximum absolute atomic E-state index is 12.4. The summed E-state index contributed by atoms with van der Waals surface area (Å²) in [5, 5.41) is 0. The highest BCUT2D eigenvalue weighted by Gasteiger charge is 2.44. The fourth-order valence-corrected chi connectivity index (χ4v) is 2.67. The normalized spacial score (nSPS) is 15.9. The van der Waals surface area contributed by atoms with Crippen molar-refractivity contribution in [2.75, 3.05) is 13.1 Å². The summed E-state index contributed by atoms with van der Waals surface area (Å²) >= 11 is 0. The summed E-state index contributed by atoms with van der Waals surface area (Å²) < 4.78 is 0. The van der Waals surface area contributed by atoms with Crippen LogP contribution in [0.1, 0.15) is 61.9 Å². The molecule has 1 aromatic carbocycles. The van der Waals surface area contributed by atoms with Gasteiger partial charge >= 0.3 is 17.8 Å². The van der Waals surface area contributed by atoms with Crippen LogP contribution in [-0.4, -0.2) is 46.5 Å². The van der Waals surface area contributed by atoms with Crippen LogP contribution in [0, 0.1) is 0 Å². The number of amides is 4. The van der Waals surface area contributed by atoms with Gasteiger partial charge in [0.05, 0.1) is 6.54 Å². The standard InChI is InChI=1S/C19H24N2O4/c1-4-6-11-20-17(23)18(24)21(19(20)25)12-16(22)15-9-7-14(8-10-15)13(3)5-2/h7-10,13H,4-6,11-12H2,1-3H3. The van der Waals surface area contributed by atoms with Crippen LogP contribution in [0.15, 0.2) is 24.3 Å². The Hall–Kier alpha value is -2.50. The molecule has 1 aliphatic rings. The third kappa shape index (κ3) is 3.95. The van der Waals surface area contributed by atoms with E-state index in [1.165, 1.54) is 0 Å². The van der Waals surface area contributed by atoms with Crippen LogP contribution in [0.2, 0.25) is 0 Å². The van der Waals surface area contributed by atoms with Gasteiger partial charge in [0.1, 0.15) is 0 Å². The third-order valence-corrected chi connectivity index (χ3v) is 4.59. The largest absolute Gasteiger partial charge is 0.334 e. The van der Waals surface area contributed by atoms with Gasteiger partial charge < -0.3 is 0 Å². The fraction of sp³-hybridized carbons (Fsp3) is 0.474. The van der Waals surface area contributed by atoms with Crippen molar-refractivity contribution in [2.24, 2.45) is 0 Å². The molecular weight excluding hydrogens is 320 g/mol. The minimum absolute atomic E-state index is 0.203. The van der Waals surface area contributed by atoms with Crippen molar-refractivity contribution in [1.29, 1.82) is 0 Å². The number of benzene rings is 1. The molecule has 4 amide bonds. The first-order valence-electron chi connectivity index (χ1n) is 8.71. The molecule has 0 N–H and O–H groups in total. The smallest absolute Gasteiger partial charge is 0.292 e. The molecule has 0 bridgehead atoms. The highest BCUT2D eigenvalue weighted by atomic mass is 16.2. The van der Waals surface area contributed by atoms with E-state index in [-0.39, 0.29) is 12.3 Å². The van der Waals surface area contributed by atoms with Crippen molar-refractivity contribution >= 4 is 23.6 Å². The molecule has 6 heteroatoms. The highest BCUT2D eigenvalue weighted by Crippen LogP contribution is 2.20. The zero-order chi connectivity index (χ0) is 18.6. The lowest BCUT2D eigenvalue weighted by Gasteiger charge is -2.15. The van der Waals surface area contributed by atoms with Crippen LogP contribution in [0.5, 0.6) is 0 Å². The second-order valence-corrected chi connectivity index (χ2v) is 6.34. The summed E-state index contributed by atoms with van der Waals surface area (Å²) in [6, 6.07) is 6.46. The number of hydrogen-bond donors (Lipinski definition) is 0. The van der Waals surface area contributed by atoms with E-state index in [0.29, 0.717) is 17.9 Å². The Morgan fingerprint density at radius 1 is 1.00 bits per heavy atom. The molecule has 0 radical (unpaired) electrons. The van der Waals surface area contributed by atoms with Crippen LogP contribution < -0.4 is 0 Å². The summed E-state index contributed by atoms with van der Waals surface area (Å²) in [6.45, 7) is 5.92. The summed E-state index contributed by atoms with van der Waals surface area (Å²) in [4.78, 5) is 50.2. The van der Waals surface area contributed by atoms with Crippen molar-refractivity contribution in [3.05, 3.63) is 35.4 Å². The molecular formula is C19H24N2O4. The third-order valence-electron chi connectivity index (χ3n) is 4.59. The Labute approximate surface area is 147 Å². The molecule has 134 valence electrons. The first kappa shape index (κ1) is 18.8. The molecule has 0 aliphatic carbocycles. The van der Waals surface area contributed by atoms with E-state index in [0.717, 1.165) is 28.2 Å². The molecule has 0 aromatic heterocycles. The number of unbranched alkanes of at least 4 members (excludes halogenated alkanes) is 1. The maximum atomic E-state index is 12.4. The quantitative estimate of drug-likeness (QED) is 0.413. The van der Waals surface area contributed by atoms with E-state index < -0.39 is 24.4 Å². The van der Waals surface area contributed by atoms with Crippen LogP contribution in [-0.2, 0) is 9.59 Å². The van der Waals surface area contributed by atoms with Gasteiger partial charge in [-0.1, -0.05) is 51.5 Å². The first-order chi connectivity index (χ1) is 11.9. The first-order valence-corrected chi connectivity index (χ1v) is 8.71. The molecule has 1 aliphatic heterocycles. The summed E-state index contributed by atoms with van der Waals surface area (Å²) in [5.41, 5.74) is 1.56. The van der Waals surface area contributed by atoms with Gasteiger partial charge in [-0.3, -0.25) is 19.3 Å². The molecule has 0 saturated carbocycles. The topological polar surface area (TPSA) is 74.8 Å². The Kier molecular flexibility index (Phi) is 6.07. The molecule has 6 nitrogen and oxygen atoms in total. The van der Waals surface area contributed by atoms with Gasteiger partial charge in [0.15, 0.2) is 5.78 Å². The number of rotatable bonds is 8. The van der Waals surface area contributed by atoms with E-state index in [4.69, 9.17) is 0 Å². The second kappa shape index (κ2) is 8.05. The van der Waals surface area contributed by atoms with Crippen molar-refractivity contribution < 1.29 is 19.2 Å². The molecule has 2 rings (SSSR count). The lowest BCUT2D eigenvalue weighted by Crippen LogP contribution is -2.37. The van der Waals surface area contributed by atoms with Crippen LogP contribution >= 0.6 is 0 Å². The number of hydrogen-bond acceptors (Lipinski definition) is 4. The van der Waals surface area contributed by atoms with Gasteiger partial charge in [-0.25, -0.2) is 9.69 Å². The van der Waals surface area contributed by atoms with E-state index in [1.54, 1.807) is 12.1 Å². The Morgan fingerprint density at radius 2 is 1.60 bits per heavy atom. The van der Waals surface area contributed by atoms with Gasteiger partial charge in [-0.05, 0) is 24.3 Å². The van der Waals surface area contributed by atoms with E-state index >= 15 is 0 Å². The number of carbonyl (C=O) groups is 4. The highest BCUT2D eigenvalue weighted by molar-refractivity contribution is 6.45. The molecule has 1 aromatic rings. The Balaban J connectivity index is 2.08. The van der Waals surface area contributed by atoms with Crippen molar-refractivity contribution in [2.45, 2.75) is 46.0 Å². The fourth-order valence-electron chi connectivity index (χ4n) is 2.67. The lowest BCUT2D eigenvalue weighted by atomic mass is 9.97. The Bertz CT molecular complexity index is 681. The van der Waals surface area contributed by atoms with Gasteiger partial charge in [-0.2, -0.15) is 0 Å². The van der Waals surface area contributed by atoms with Gasteiger partial charge in [0, 0.05) is 12.1 Å². The Morgan fingerprint density at radius 3 is 2.16 bits per heavy atom. The van der Waals surface area contributed by atoms with Gasteiger partial charge in [0.25, 0.3) is 0 Å². The number of nitrogens with zero attached hydrogens (tertiary/aromatic N) is 2. The van der Waals surface area contributed by atoms with E-state index in [9.17, 15) is 19.2 Å². The summed E-state index contributed by atoms with van der Waals surface area (Å²) in [6.07, 6.45) is 2.43.